The van der Waals surface area contributed by atoms with E-state index in [1.165, 1.54) is 13.8 Å². The number of carbonyl (C=O) groups excluding carboxylic acids is 3. The summed E-state index contributed by atoms with van der Waals surface area (Å²) in [7, 11) is 0. The number of fused-ring (bicyclic) bond motifs is 5. The summed E-state index contributed by atoms with van der Waals surface area (Å²) in [6.45, 7) is 19.3. The maximum Gasteiger partial charge on any atom is 0.336 e. The van der Waals surface area contributed by atoms with Gasteiger partial charge in [-0.1, -0.05) is 45.9 Å². The van der Waals surface area contributed by atoms with Crippen LogP contribution in [0, 0.1) is 39.9 Å². The van der Waals surface area contributed by atoms with Gasteiger partial charge in [0.2, 0.25) is 6.79 Å². The number of esters is 3. The maximum atomic E-state index is 13.7. The fraction of sp³-hybridized carbons (Fsp3) is 0.743. The first-order valence-electron chi connectivity index (χ1n) is 15.9. The summed E-state index contributed by atoms with van der Waals surface area (Å²) >= 11 is 0. The average Bonchev–Trinajstić information content (AvgIpc) is 3.15. The van der Waals surface area contributed by atoms with Crippen molar-refractivity contribution in [1.29, 1.82) is 0 Å². The summed E-state index contributed by atoms with van der Waals surface area (Å²) in [5.41, 5.74) is 2.13. The van der Waals surface area contributed by atoms with Gasteiger partial charge in [0, 0.05) is 19.4 Å². The standard InChI is InChI=1S/C35H52O8/c1-19(2)11-10-12-24(32(40)42-18-41-22(5)36)29-26-15-27(38)31-33(7)16-20(3)30(39)21(4)25(33)13-14-34(31,8)35(26,9)17-28(29)43-23(6)37/h11,21,25-28,30-31,38-39H,3,10,12-18H2,1-2,4-9H3/t21-,25?,26+,27+,28-,30+,31+,33-,34-,35-/m0/s1. The molecule has 1 unspecified atom stereocenters. The monoisotopic (exact) mass is 600 g/mol. The van der Waals surface area contributed by atoms with Gasteiger partial charge in [-0.05, 0) is 110 Å². The highest BCUT2D eigenvalue weighted by molar-refractivity contribution is 5.90. The highest BCUT2D eigenvalue weighted by Crippen LogP contribution is 2.74. The normalized spacial score (nSPS) is 41.3. The van der Waals surface area contributed by atoms with E-state index in [0.717, 1.165) is 29.6 Å². The smallest absolute Gasteiger partial charge is 0.336 e. The van der Waals surface area contributed by atoms with Crippen LogP contribution in [-0.2, 0) is 28.6 Å². The molecule has 4 rings (SSSR count). The summed E-state index contributed by atoms with van der Waals surface area (Å²) in [5.74, 6) is -1.55. The molecule has 0 saturated heterocycles. The van der Waals surface area contributed by atoms with Crippen LogP contribution in [0.3, 0.4) is 0 Å². The number of allylic oxidation sites excluding steroid dienone is 2. The molecular weight excluding hydrogens is 548 g/mol. The van der Waals surface area contributed by atoms with Crippen LogP contribution in [-0.4, -0.2) is 53.2 Å². The number of hydrogen-bond donors (Lipinski definition) is 2. The number of aliphatic hydroxyl groups is 2. The van der Waals surface area contributed by atoms with Crippen molar-refractivity contribution in [3.8, 4) is 0 Å². The van der Waals surface area contributed by atoms with E-state index in [1.807, 2.05) is 13.8 Å². The van der Waals surface area contributed by atoms with Gasteiger partial charge in [0.25, 0.3) is 0 Å². The Morgan fingerprint density at radius 3 is 2.30 bits per heavy atom. The van der Waals surface area contributed by atoms with Crippen LogP contribution in [0.2, 0.25) is 0 Å². The van der Waals surface area contributed by atoms with Gasteiger partial charge >= 0.3 is 17.9 Å². The van der Waals surface area contributed by atoms with E-state index in [4.69, 9.17) is 14.2 Å². The minimum atomic E-state index is -0.659. The summed E-state index contributed by atoms with van der Waals surface area (Å²) in [6.07, 6.45) is 4.58. The second kappa shape index (κ2) is 12.2. The lowest BCUT2D eigenvalue weighted by molar-refractivity contribution is -0.226. The van der Waals surface area contributed by atoms with Crippen molar-refractivity contribution in [2.24, 2.45) is 39.9 Å². The van der Waals surface area contributed by atoms with Crippen LogP contribution >= 0.6 is 0 Å². The molecular formula is C35H52O8. The van der Waals surface area contributed by atoms with Gasteiger partial charge in [-0.3, -0.25) is 9.59 Å². The zero-order valence-corrected chi connectivity index (χ0v) is 27.3. The lowest BCUT2D eigenvalue weighted by Crippen LogP contribution is -2.65. The van der Waals surface area contributed by atoms with E-state index in [1.54, 1.807) is 0 Å². The molecule has 8 nitrogen and oxygen atoms in total. The Morgan fingerprint density at radius 1 is 1.02 bits per heavy atom. The molecule has 43 heavy (non-hydrogen) atoms. The van der Waals surface area contributed by atoms with Gasteiger partial charge in [0.05, 0.1) is 12.2 Å². The van der Waals surface area contributed by atoms with Gasteiger partial charge in [-0.15, -0.1) is 0 Å². The highest BCUT2D eigenvalue weighted by Gasteiger charge is 2.71. The van der Waals surface area contributed by atoms with Crippen molar-refractivity contribution in [3.63, 3.8) is 0 Å². The molecule has 4 aliphatic rings. The van der Waals surface area contributed by atoms with Crippen LogP contribution in [0.4, 0.5) is 0 Å². The van der Waals surface area contributed by atoms with Gasteiger partial charge in [0.1, 0.15) is 6.10 Å². The zero-order valence-electron chi connectivity index (χ0n) is 27.3. The number of aliphatic hydroxyl groups excluding tert-OH is 2. The van der Waals surface area contributed by atoms with Gasteiger partial charge in [0.15, 0.2) is 0 Å². The SMILES string of the molecule is C=C1C[C@@]2(C)C(CC[C@@]3(C)[C@@H]2[C@H](O)C[C@@H]2C(=C(CCC=C(C)C)C(=O)OCOC(C)=O)[C@@H](OC(C)=O)C[C@@]23C)[C@H](C)[C@@H]1O. The van der Waals surface area contributed by atoms with E-state index >= 15 is 0 Å². The number of carbonyl (C=O) groups is 3. The molecule has 8 heteroatoms. The Labute approximate surface area is 256 Å². The molecule has 0 amide bonds. The Balaban J connectivity index is 1.83. The van der Waals surface area contributed by atoms with Crippen LogP contribution < -0.4 is 0 Å². The summed E-state index contributed by atoms with van der Waals surface area (Å²) in [4.78, 5) is 37.5. The first-order chi connectivity index (χ1) is 20.0. The molecule has 240 valence electrons. The molecule has 0 radical (unpaired) electrons. The largest absolute Gasteiger partial charge is 0.458 e. The maximum absolute atomic E-state index is 13.7. The van der Waals surface area contributed by atoms with Gasteiger partial charge < -0.3 is 24.4 Å². The molecule has 4 fully saturated rings. The molecule has 10 atom stereocenters. The second-order valence-electron chi connectivity index (χ2n) is 14.7. The Hall–Kier alpha value is -2.45. The molecule has 4 saturated carbocycles. The lowest BCUT2D eigenvalue weighted by Gasteiger charge is -2.69. The quantitative estimate of drug-likeness (QED) is 0.163. The molecule has 2 N–H and O–H groups in total. The molecule has 0 aliphatic heterocycles. The van der Waals surface area contributed by atoms with Crippen molar-refractivity contribution < 1.29 is 38.8 Å². The van der Waals surface area contributed by atoms with E-state index in [0.29, 0.717) is 37.7 Å². The van der Waals surface area contributed by atoms with Crippen LogP contribution in [0.1, 0.15) is 100 Å². The van der Waals surface area contributed by atoms with E-state index in [9.17, 15) is 24.6 Å². The molecule has 0 aromatic rings. The van der Waals surface area contributed by atoms with Crippen LogP contribution in [0.15, 0.2) is 34.9 Å². The van der Waals surface area contributed by atoms with Gasteiger partial charge in [-0.2, -0.15) is 0 Å². The first-order valence-corrected chi connectivity index (χ1v) is 15.9. The van der Waals surface area contributed by atoms with Crippen molar-refractivity contribution in [1.82, 2.24) is 0 Å². The molecule has 0 heterocycles. The lowest BCUT2D eigenvalue weighted by atomic mass is 9.36. The average molecular weight is 601 g/mol. The number of hydrogen-bond acceptors (Lipinski definition) is 8. The number of rotatable bonds is 7. The van der Waals surface area contributed by atoms with E-state index in [-0.39, 0.29) is 39.9 Å². The van der Waals surface area contributed by atoms with Crippen LogP contribution in [0.25, 0.3) is 0 Å². The molecule has 0 aromatic carbocycles. The summed E-state index contributed by atoms with van der Waals surface area (Å²) < 4.78 is 16.3. The van der Waals surface area contributed by atoms with Crippen molar-refractivity contribution in [2.75, 3.05) is 6.79 Å². The zero-order chi connectivity index (χ0) is 32.1. The van der Waals surface area contributed by atoms with Gasteiger partial charge in [-0.25, -0.2) is 4.79 Å². The van der Waals surface area contributed by atoms with Crippen molar-refractivity contribution in [2.45, 2.75) is 119 Å². The summed E-state index contributed by atoms with van der Waals surface area (Å²) in [5, 5.41) is 23.0. The Bertz CT molecular complexity index is 1210. The minimum absolute atomic E-state index is 0.0510. The Kier molecular flexibility index (Phi) is 9.45. The van der Waals surface area contributed by atoms with Crippen molar-refractivity contribution in [3.05, 3.63) is 34.9 Å². The first kappa shape index (κ1) is 33.4. The third-order valence-corrected chi connectivity index (χ3v) is 11.9. The minimum Gasteiger partial charge on any atom is -0.458 e. The predicted molar refractivity (Wildman–Crippen MR) is 162 cm³/mol. The molecule has 0 aromatic heterocycles. The van der Waals surface area contributed by atoms with E-state index < -0.39 is 43.0 Å². The summed E-state index contributed by atoms with van der Waals surface area (Å²) in [6, 6.07) is 0. The predicted octanol–water partition coefficient (Wildman–Crippen LogP) is 5.81. The second-order valence-corrected chi connectivity index (χ2v) is 14.7. The molecule has 4 aliphatic carbocycles. The third-order valence-electron chi connectivity index (χ3n) is 11.9. The molecule has 0 bridgehead atoms. The Morgan fingerprint density at radius 2 is 1.70 bits per heavy atom. The molecule has 0 spiro atoms. The topological polar surface area (TPSA) is 119 Å². The van der Waals surface area contributed by atoms with Crippen molar-refractivity contribution >= 4 is 17.9 Å². The fourth-order valence-corrected chi connectivity index (χ4v) is 10.1. The number of ether oxygens (including phenoxy) is 3. The van der Waals surface area contributed by atoms with E-state index in [2.05, 4.69) is 40.3 Å². The van der Waals surface area contributed by atoms with Crippen LogP contribution in [0.5, 0.6) is 0 Å². The fourth-order valence-electron chi connectivity index (χ4n) is 10.1. The highest BCUT2D eigenvalue weighted by atomic mass is 16.7. The third kappa shape index (κ3) is 5.74.